The summed E-state index contributed by atoms with van der Waals surface area (Å²) in [6.07, 6.45) is 1.76. The lowest BCUT2D eigenvalue weighted by Gasteiger charge is -2.19. The number of halogens is 1. The molecule has 1 aromatic carbocycles. The first-order chi connectivity index (χ1) is 10.0. The van der Waals surface area contributed by atoms with E-state index >= 15 is 0 Å². The molecule has 0 saturated heterocycles. The van der Waals surface area contributed by atoms with Crippen molar-refractivity contribution in [2.45, 2.75) is 46.6 Å². The molecule has 1 aromatic heterocycles. The number of aryl methyl sites for hydroxylation is 3. The molecule has 2 nitrogen and oxygen atoms in total. The first-order valence-corrected chi connectivity index (χ1v) is 8.25. The zero-order valence-corrected chi connectivity index (χ0v) is 14.0. The molecule has 114 valence electrons. The van der Waals surface area contributed by atoms with E-state index in [0.717, 1.165) is 41.2 Å². The van der Waals surface area contributed by atoms with Crippen molar-refractivity contribution in [2.24, 2.45) is 0 Å². The maximum absolute atomic E-state index is 14.2. The molecule has 0 amide bonds. The third-order valence-electron chi connectivity index (χ3n) is 3.62. The van der Waals surface area contributed by atoms with Crippen LogP contribution in [0.5, 0.6) is 0 Å². The number of hydrogen-bond acceptors (Lipinski definition) is 3. The first kappa shape index (κ1) is 16.1. The summed E-state index contributed by atoms with van der Waals surface area (Å²) in [4.78, 5) is 5.83. The fraction of sp³-hybridized carbons (Fsp3) is 0.471. The van der Waals surface area contributed by atoms with Crippen LogP contribution in [0.15, 0.2) is 18.2 Å². The molecule has 0 aliphatic heterocycles. The molecule has 1 unspecified atom stereocenters. The standard InChI is InChI=1S/C17H23FN2S/c1-5-8-19-16(10-17-20-12(3)13(4)21-17)14-9-11(2)6-7-15(14)18/h6-7,9,16,19H,5,8,10H2,1-4H3. The van der Waals surface area contributed by atoms with Gasteiger partial charge in [0.2, 0.25) is 0 Å². The summed E-state index contributed by atoms with van der Waals surface area (Å²) < 4.78 is 14.2. The minimum atomic E-state index is -0.140. The summed E-state index contributed by atoms with van der Waals surface area (Å²) in [5.74, 6) is -0.140. The summed E-state index contributed by atoms with van der Waals surface area (Å²) in [5.41, 5.74) is 2.91. The highest BCUT2D eigenvalue weighted by atomic mass is 32.1. The molecule has 0 bridgehead atoms. The number of aromatic nitrogens is 1. The Labute approximate surface area is 130 Å². The Hall–Kier alpha value is -1.26. The highest BCUT2D eigenvalue weighted by Crippen LogP contribution is 2.26. The van der Waals surface area contributed by atoms with Gasteiger partial charge in [0.1, 0.15) is 5.82 Å². The normalized spacial score (nSPS) is 12.6. The van der Waals surface area contributed by atoms with Crippen molar-refractivity contribution >= 4 is 11.3 Å². The third-order valence-corrected chi connectivity index (χ3v) is 4.71. The zero-order chi connectivity index (χ0) is 15.4. The third kappa shape index (κ3) is 4.11. The first-order valence-electron chi connectivity index (χ1n) is 7.43. The predicted molar refractivity (Wildman–Crippen MR) is 87.5 cm³/mol. The van der Waals surface area contributed by atoms with Crippen LogP contribution in [0.1, 0.15) is 46.1 Å². The van der Waals surface area contributed by atoms with Crippen LogP contribution in [-0.2, 0) is 6.42 Å². The maximum Gasteiger partial charge on any atom is 0.128 e. The predicted octanol–water partition coefficient (Wildman–Crippen LogP) is 4.49. The monoisotopic (exact) mass is 306 g/mol. The average molecular weight is 306 g/mol. The van der Waals surface area contributed by atoms with Crippen molar-refractivity contribution in [3.05, 3.63) is 50.7 Å². The van der Waals surface area contributed by atoms with Gasteiger partial charge in [-0.15, -0.1) is 11.3 Å². The second kappa shape index (κ2) is 7.14. The molecular formula is C17H23FN2S. The Kier molecular flexibility index (Phi) is 5.48. The molecule has 0 radical (unpaired) electrons. The lowest BCUT2D eigenvalue weighted by Crippen LogP contribution is -2.25. The van der Waals surface area contributed by atoms with E-state index in [9.17, 15) is 4.39 Å². The number of nitrogens with one attached hydrogen (secondary N) is 1. The summed E-state index contributed by atoms with van der Waals surface area (Å²) in [6, 6.07) is 5.29. The summed E-state index contributed by atoms with van der Waals surface area (Å²) in [6.45, 7) is 9.10. The van der Waals surface area contributed by atoms with Crippen LogP contribution in [0.3, 0.4) is 0 Å². The van der Waals surface area contributed by atoms with Gasteiger partial charge in [-0.3, -0.25) is 0 Å². The van der Waals surface area contributed by atoms with Gasteiger partial charge in [0, 0.05) is 22.9 Å². The van der Waals surface area contributed by atoms with Crippen LogP contribution in [0, 0.1) is 26.6 Å². The van der Waals surface area contributed by atoms with Gasteiger partial charge in [0.25, 0.3) is 0 Å². The maximum atomic E-state index is 14.2. The van der Waals surface area contributed by atoms with Gasteiger partial charge in [-0.05, 0) is 39.8 Å². The largest absolute Gasteiger partial charge is 0.309 e. The topological polar surface area (TPSA) is 24.9 Å². The van der Waals surface area contributed by atoms with E-state index in [2.05, 4.69) is 24.1 Å². The van der Waals surface area contributed by atoms with Gasteiger partial charge in [-0.25, -0.2) is 9.37 Å². The van der Waals surface area contributed by atoms with Crippen molar-refractivity contribution in [1.82, 2.24) is 10.3 Å². The molecule has 0 fully saturated rings. The second-order valence-corrected chi connectivity index (χ2v) is 6.77. The molecule has 1 N–H and O–H groups in total. The smallest absolute Gasteiger partial charge is 0.128 e. The van der Waals surface area contributed by atoms with Gasteiger partial charge in [0.15, 0.2) is 0 Å². The van der Waals surface area contributed by atoms with Gasteiger partial charge < -0.3 is 5.32 Å². The molecular weight excluding hydrogens is 283 g/mol. The number of hydrogen-bond donors (Lipinski definition) is 1. The Morgan fingerprint density at radius 3 is 2.67 bits per heavy atom. The molecule has 1 heterocycles. The zero-order valence-electron chi connectivity index (χ0n) is 13.2. The Morgan fingerprint density at radius 2 is 2.05 bits per heavy atom. The van der Waals surface area contributed by atoms with Crippen LogP contribution in [0.25, 0.3) is 0 Å². The van der Waals surface area contributed by atoms with Crippen LogP contribution in [0.4, 0.5) is 4.39 Å². The van der Waals surface area contributed by atoms with Crippen LogP contribution < -0.4 is 5.32 Å². The molecule has 2 aromatic rings. The minimum Gasteiger partial charge on any atom is -0.309 e. The average Bonchev–Trinajstić information content (AvgIpc) is 2.76. The fourth-order valence-corrected chi connectivity index (χ4v) is 3.32. The highest BCUT2D eigenvalue weighted by Gasteiger charge is 2.18. The van der Waals surface area contributed by atoms with Crippen LogP contribution >= 0.6 is 11.3 Å². The van der Waals surface area contributed by atoms with E-state index < -0.39 is 0 Å². The molecule has 2 rings (SSSR count). The van der Waals surface area contributed by atoms with E-state index in [-0.39, 0.29) is 11.9 Å². The number of rotatable bonds is 6. The molecule has 4 heteroatoms. The Bertz CT molecular complexity index is 587. The van der Waals surface area contributed by atoms with E-state index in [4.69, 9.17) is 0 Å². The molecule has 0 spiro atoms. The second-order valence-electron chi connectivity index (χ2n) is 5.49. The van der Waals surface area contributed by atoms with Crippen molar-refractivity contribution in [2.75, 3.05) is 6.54 Å². The van der Waals surface area contributed by atoms with Gasteiger partial charge in [-0.1, -0.05) is 24.6 Å². The number of nitrogens with zero attached hydrogens (tertiary/aromatic N) is 1. The van der Waals surface area contributed by atoms with E-state index in [1.165, 1.54) is 4.88 Å². The highest BCUT2D eigenvalue weighted by molar-refractivity contribution is 7.11. The van der Waals surface area contributed by atoms with Crippen molar-refractivity contribution in [3.63, 3.8) is 0 Å². The van der Waals surface area contributed by atoms with Crippen molar-refractivity contribution in [1.29, 1.82) is 0 Å². The van der Waals surface area contributed by atoms with Crippen LogP contribution in [-0.4, -0.2) is 11.5 Å². The van der Waals surface area contributed by atoms with Gasteiger partial charge in [-0.2, -0.15) is 0 Å². The van der Waals surface area contributed by atoms with Gasteiger partial charge in [0.05, 0.1) is 10.7 Å². The molecule has 21 heavy (non-hydrogen) atoms. The Balaban J connectivity index is 2.27. The van der Waals surface area contributed by atoms with Crippen molar-refractivity contribution in [3.8, 4) is 0 Å². The number of thiazole rings is 1. The SMILES string of the molecule is CCCNC(Cc1nc(C)c(C)s1)c1cc(C)ccc1F. The van der Waals surface area contributed by atoms with Gasteiger partial charge >= 0.3 is 0 Å². The quantitative estimate of drug-likeness (QED) is 0.850. The molecule has 0 saturated carbocycles. The molecule has 0 aliphatic rings. The summed E-state index contributed by atoms with van der Waals surface area (Å²) in [5, 5.41) is 4.53. The Morgan fingerprint density at radius 1 is 1.29 bits per heavy atom. The van der Waals surface area contributed by atoms with E-state index in [1.54, 1.807) is 17.4 Å². The molecule has 1 atom stereocenters. The minimum absolute atomic E-state index is 0.0187. The van der Waals surface area contributed by atoms with E-state index in [1.807, 2.05) is 26.0 Å². The fourth-order valence-electron chi connectivity index (χ4n) is 2.34. The summed E-state index contributed by atoms with van der Waals surface area (Å²) >= 11 is 1.71. The van der Waals surface area contributed by atoms with E-state index in [0.29, 0.717) is 0 Å². The lowest BCUT2D eigenvalue weighted by molar-refractivity contribution is 0.496. The van der Waals surface area contributed by atoms with Crippen LogP contribution in [0.2, 0.25) is 0 Å². The molecule has 0 aliphatic carbocycles. The lowest BCUT2D eigenvalue weighted by atomic mass is 10.0. The number of benzene rings is 1. The summed E-state index contributed by atoms with van der Waals surface area (Å²) in [7, 11) is 0. The van der Waals surface area contributed by atoms with Crippen molar-refractivity contribution < 1.29 is 4.39 Å².